The fourth-order valence-electron chi connectivity index (χ4n) is 4.58. The van der Waals surface area contributed by atoms with Crippen molar-refractivity contribution in [3.8, 4) is 0 Å². The van der Waals surface area contributed by atoms with Gasteiger partial charge in [0.15, 0.2) is 0 Å². The molecule has 0 saturated heterocycles. The number of urea groups is 1. The predicted octanol–water partition coefficient (Wildman–Crippen LogP) is 10.5. The van der Waals surface area contributed by atoms with E-state index in [0.717, 1.165) is 25.9 Å². The van der Waals surface area contributed by atoms with Gasteiger partial charge in [0.2, 0.25) is 0 Å². The summed E-state index contributed by atoms with van der Waals surface area (Å²) in [5, 5.41) is 0. The zero-order chi connectivity index (χ0) is 26.7. The lowest BCUT2D eigenvalue weighted by atomic mass is 10.1. The van der Waals surface area contributed by atoms with Crippen molar-refractivity contribution in [3.63, 3.8) is 0 Å². The highest BCUT2D eigenvalue weighted by atomic mass is 16.2. The van der Waals surface area contributed by atoms with Crippen molar-refractivity contribution in [2.45, 2.75) is 156 Å². The van der Waals surface area contributed by atoms with E-state index in [2.05, 4.69) is 52.0 Å². The van der Waals surface area contributed by atoms with E-state index in [4.69, 9.17) is 5.73 Å². The normalized spacial score (nSPS) is 10.7. The second kappa shape index (κ2) is 26.6. The average molecular weight is 503 g/mol. The molecule has 3 nitrogen and oxygen atoms in total. The summed E-state index contributed by atoms with van der Waals surface area (Å²) in [4.78, 5) is 13.5. The van der Waals surface area contributed by atoms with Gasteiger partial charge < -0.3 is 10.6 Å². The zero-order valence-electron chi connectivity index (χ0n) is 24.8. The number of hydrogen-bond acceptors (Lipinski definition) is 1. The van der Waals surface area contributed by atoms with E-state index in [1.807, 2.05) is 4.90 Å². The van der Waals surface area contributed by atoms with Crippen LogP contribution in [0.4, 0.5) is 4.79 Å². The van der Waals surface area contributed by atoms with Gasteiger partial charge in [-0.25, -0.2) is 4.79 Å². The Kier molecular flexibility index (Phi) is 25.4. The molecule has 1 aromatic rings. The molecule has 0 aliphatic heterocycles. The lowest BCUT2D eigenvalue weighted by Gasteiger charge is -2.20. The topological polar surface area (TPSA) is 46.3 Å². The fraction of sp³-hybridized carbons (Fsp3) is 0.788. The zero-order valence-corrected chi connectivity index (χ0v) is 24.8. The number of amides is 2. The van der Waals surface area contributed by atoms with E-state index in [0.29, 0.717) is 0 Å². The van der Waals surface area contributed by atoms with Crippen LogP contribution < -0.4 is 5.73 Å². The molecule has 0 atom stereocenters. The van der Waals surface area contributed by atoms with Gasteiger partial charge in [-0.05, 0) is 37.8 Å². The quantitative estimate of drug-likeness (QED) is 0.157. The van der Waals surface area contributed by atoms with Crippen molar-refractivity contribution in [2.75, 3.05) is 13.1 Å². The monoisotopic (exact) mass is 502 g/mol. The van der Waals surface area contributed by atoms with Crippen LogP contribution in [0.3, 0.4) is 0 Å². The third kappa shape index (κ3) is 22.9. The van der Waals surface area contributed by atoms with Crippen LogP contribution in [0.25, 0.3) is 0 Å². The molecule has 0 aliphatic rings. The first-order valence-electron chi connectivity index (χ1n) is 15.6. The summed E-state index contributed by atoms with van der Waals surface area (Å²) in [5.41, 5.74) is 8.30. The van der Waals surface area contributed by atoms with E-state index >= 15 is 0 Å². The van der Waals surface area contributed by atoms with E-state index < -0.39 is 0 Å². The largest absolute Gasteiger partial charge is 0.351 e. The highest BCUT2D eigenvalue weighted by molar-refractivity contribution is 5.71. The van der Waals surface area contributed by atoms with Crippen molar-refractivity contribution in [1.29, 1.82) is 0 Å². The van der Waals surface area contributed by atoms with Gasteiger partial charge in [-0.2, -0.15) is 0 Å². The molecule has 210 valence electrons. The van der Waals surface area contributed by atoms with E-state index in [1.54, 1.807) is 0 Å². The average Bonchev–Trinajstić information content (AvgIpc) is 2.87. The first-order valence-corrected chi connectivity index (χ1v) is 15.6. The third-order valence-electron chi connectivity index (χ3n) is 7.30. The Bertz CT molecular complexity index is 556. The Labute approximate surface area is 226 Å². The van der Waals surface area contributed by atoms with Gasteiger partial charge in [0.1, 0.15) is 0 Å². The Morgan fingerprint density at radius 1 is 0.556 bits per heavy atom. The van der Waals surface area contributed by atoms with Crippen LogP contribution >= 0.6 is 0 Å². The summed E-state index contributed by atoms with van der Waals surface area (Å²) in [7, 11) is 0. The van der Waals surface area contributed by atoms with Crippen LogP contribution in [0.1, 0.15) is 153 Å². The second-order valence-electron chi connectivity index (χ2n) is 10.8. The molecule has 0 unspecified atom stereocenters. The summed E-state index contributed by atoms with van der Waals surface area (Å²) in [5.74, 6) is 0. The minimum absolute atomic E-state index is 0.230. The van der Waals surface area contributed by atoms with Gasteiger partial charge in [0.05, 0.1) is 0 Å². The number of primary amides is 1. The Morgan fingerprint density at radius 2 is 0.833 bits per heavy atom. The second-order valence-corrected chi connectivity index (χ2v) is 10.8. The Balaban J connectivity index is 0.00000128. The third-order valence-corrected chi connectivity index (χ3v) is 7.30. The first-order chi connectivity index (χ1) is 17.5. The molecule has 0 saturated carbocycles. The van der Waals surface area contributed by atoms with Crippen molar-refractivity contribution >= 4 is 6.03 Å². The maximum atomic E-state index is 11.6. The molecule has 0 fully saturated rings. The molecule has 0 bridgehead atoms. The van der Waals surface area contributed by atoms with E-state index in [9.17, 15) is 4.79 Å². The maximum absolute atomic E-state index is 11.6. The number of rotatable bonds is 22. The van der Waals surface area contributed by atoms with Crippen LogP contribution in [0, 0.1) is 13.8 Å². The summed E-state index contributed by atoms with van der Waals surface area (Å²) in [6.45, 7) is 10.5. The van der Waals surface area contributed by atoms with Crippen LogP contribution in [-0.2, 0) is 0 Å². The molecule has 0 radical (unpaired) electrons. The lowest BCUT2D eigenvalue weighted by molar-refractivity contribution is 0.204. The van der Waals surface area contributed by atoms with Crippen LogP contribution in [0.5, 0.6) is 0 Å². The first kappa shape index (κ1) is 34.5. The smallest absolute Gasteiger partial charge is 0.314 e. The SMILES string of the molecule is CCCCCCCCCCCCN(CCCCCCCCCCCC)C(N)=O.Cc1ccccc1C. The summed E-state index contributed by atoms with van der Waals surface area (Å²) >= 11 is 0. The minimum atomic E-state index is -0.230. The molecule has 2 amide bonds. The number of carbonyl (C=O) groups excluding carboxylic acids is 1. The molecule has 36 heavy (non-hydrogen) atoms. The maximum Gasteiger partial charge on any atom is 0.314 e. The van der Waals surface area contributed by atoms with Crippen molar-refractivity contribution in [1.82, 2.24) is 4.90 Å². The molecule has 3 heteroatoms. The number of nitrogens with zero attached hydrogens (tertiary/aromatic N) is 1. The van der Waals surface area contributed by atoms with Gasteiger partial charge in [0.25, 0.3) is 0 Å². The number of benzene rings is 1. The molecule has 0 aromatic heterocycles. The van der Waals surface area contributed by atoms with Gasteiger partial charge in [0, 0.05) is 13.1 Å². The lowest BCUT2D eigenvalue weighted by Crippen LogP contribution is -2.37. The van der Waals surface area contributed by atoms with Gasteiger partial charge in [-0.15, -0.1) is 0 Å². The van der Waals surface area contributed by atoms with Crippen LogP contribution in [0.15, 0.2) is 24.3 Å². The van der Waals surface area contributed by atoms with Crippen LogP contribution in [-0.4, -0.2) is 24.0 Å². The number of aryl methyl sites for hydroxylation is 2. The van der Waals surface area contributed by atoms with Crippen molar-refractivity contribution in [2.24, 2.45) is 5.73 Å². The number of nitrogens with two attached hydrogens (primary N) is 1. The molecule has 1 rings (SSSR count). The number of carbonyl (C=O) groups is 1. The Morgan fingerprint density at radius 3 is 1.08 bits per heavy atom. The molecule has 0 spiro atoms. The van der Waals surface area contributed by atoms with Gasteiger partial charge in [-0.3, -0.25) is 0 Å². The Hall–Kier alpha value is -1.51. The molecular weight excluding hydrogens is 440 g/mol. The molecule has 2 N–H and O–H groups in total. The number of unbranched alkanes of at least 4 members (excludes halogenated alkanes) is 18. The molecule has 0 heterocycles. The summed E-state index contributed by atoms with van der Waals surface area (Å²) in [6, 6.07) is 8.13. The summed E-state index contributed by atoms with van der Waals surface area (Å²) in [6.07, 6.45) is 26.6. The summed E-state index contributed by atoms with van der Waals surface area (Å²) < 4.78 is 0. The minimum Gasteiger partial charge on any atom is -0.351 e. The molecule has 0 aliphatic carbocycles. The van der Waals surface area contributed by atoms with E-state index in [-0.39, 0.29) is 6.03 Å². The van der Waals surface area contributed by atoms with Crippen molar-refractivity contribution < 1.29 is 4.79 Å². The van der Waals surface area contributed by atoms with Gasteiger partial charge >= 0.3 is 6.03 Å². The molecule has 1 aromatic carbocycles. The van der Waals surface area contributed by atoms with E-state index in [1.165, 1.54) is 127 Å². The molecular formula is C33H62N2O. The fourth-order valence-corrected chi connectivity index (χ4v) is 4.58. The highest BCUT2D eigenvalue weighted by Gasteiger charge is 2.08. The highest BCUT2D eigenvalue weighted by Crippen LogP contribution is 2.13. The number of hydrogen-bond donors (Lipinski definition) is 1. The van der Waals surface area contributed by atoms with Crippen LogP contribution in [0.2, 0.25) is 0 Å². The van der Waals surface area contributed by atoms with Crippen molar-refractivity contribution in [3.05, 3.63) is 35.4 Å². The van der Waals surface area contributed by atoms with Gasteiger partial charge in [-0.1, -0.05) is 154 Å². The standard InChI is InChI=1S/C25H52N2O.C8H10/c1-3-5-7-9-11-13-15-17-19-21-23-27(25(26)28)24-22-20-18-16-14-12-10-8-6-4-2;1-7-5-3-4-6-8(7)2/h3-24H2,1-2H3,(H2,26,28);3-6H,1-2H3. The predicted molar refractivity (Wildman–Crippen MR) is 161 cm³/mol.